The van der Waals surface area contributed by atoms with Crippen LogP contribution in [0.25, 0.3) is 0 Å². The molecule has 5 N–H and O–H groups in total. The Morgan fingerprint density at radius 2 is 1.94 bits per heavy atom. The average Bonchev–Trinajstić information content (AvgIpc) is 2.37. The lowest BCUT2D eigenvalue weighted by Gasteiger charge is -2.21. The van der Waals surface area contributed by atoms with Crippen LogP contribution in [0.2, 0.25) is 0 Å². The Kier molecular flexibility index (Phi) is 3.69. The van der Waals surface area contributed by atoms with Crippen molar-refractivity contribution in [3.05, 3.63) is 23.8 Å². The van der Waals surface area contributed by atoms with E-state index >= 15 is 0 Å². The van der Waals surface area contributed by atoms with Crippen LogP contribution in [0.1, 0.15) is 18.0 Å². The van der Waals surface area contributed by atoms with E-state index in [9.17, 15) is 4.79 Å². The summed E-state index contributed by atoms with van der Waals surface area (Å²) in [5.41, 5.74) is 12.2. The van der Waals surface area contributed by atoms with Crippen LogP contribution < -0.4 is 20.9 Å². The zero-order valence-corrected chi connectivity index (χ0v) is 9.83. The molecule has 6 heteroatoms. The van der Waals surface area contributed by atoms with E-state index < -0.39 is 18.1 Å². The zero-order chi connectivity index (χ0) is 13.1. The molecule has 18 heavy (non-hydrogen) atoms. The summed E-state index contributed by atoms with van der Waals surface area (Å²) >= 11 is 0. The topological polar surface area (TPSA) is 108 Å². The first kappa shape index (κ1) is 12.7. The molecule has 2 atom stereocenters. The number of carbonyl (C=O) groups is 1. The van der Waals surface area contributed by atoms with E-state index in [4.69, 9.17) is 26.0 Å². The molecule has 1 aromatic carbocycles. The van der Waals surface area contributed by atoms with Gasteiger partial charge in [-0.15, -0.1) is 0 Å². The Bertz CT molecular complexity index is 450. The summed E-state index contributed by atoms with van der Waals surface area (Å²) in [6.45, 7) is 1.03. The standard InChI is InChI=1S/C12H16N2O4/c13-8(6-9(14)12(15)16)7-1-2-10-11(5-7)18-4-3-17-10/h1-2,5,8-9H,3-4,6,13-14H2,(H,15,16)/t8-,9+/m0/s1. The molecule has 2 rings (SSSR count). The molecule has 6 nitrogen and oxygen atoms in total. The second kappa shape index (κ2) is 5.24. The number of carboxylic acid groups (broad SMARTS) is 1. The molecule has 0 aromatic heterocycles. The summed E-state index contributed by atoms with van der Waals surface area (Å²) in [7, 11) is 0. The molecule has 1 aliphatic heterocycles. The minimum atomic E-state index is -1.05. The van der Waals surface area contributed by atoms with Gasteiger partial charge in [-0.2, -0.15) is 0 Å². The van der Waals surface area contributed by atoms with Crippen LogP contribution in [-0.2, 0) is 4.79 Å². The van der Waals surface area contributed by atoms with Crippen molar-refractivity contribution in [1.29, 1.82) is 0 Å². The van der Waals surface area contributed by atoms with Crippen molar-refractivity contribution in [2.75, 3.05) is 13.2 Å². The summed E-state index contributed by atoms with van der Waals surface area (Å²) in [5, 5.41) is 8.74. The van der Waals surface area contributed by atoms with Crippen LogP contribution >= 0.6 is 0 Å². The fourth-order valence-electron chi connectivity index (χ4n) is 1.80. The third-order valence-electron chi connectivity index (χ3n) is 2.82. The molecule has 0 unspecified atom stereocenters. The van der Waals surface area contributed by atoms with Gasteiger partial charge in [-0.25, -0.2) is 0 Å². The molecule has 0 fully saturated rings. The third kappa shape index (κ3) is 2.72. The van der Waals surface area contributed by atoms with E-state index in [0.717, 1.165) is 5.56 Å². The maximum Gasteiger partial charge on any atom is 0.320 e. The van der Waals surface area contributed by atoms with Crippen LogP contribution in [0.15, 0.2) is 18.2 Å². The Hall–Kier alpha value is -1.79. The Labute approximate surface area is 104 Å². The molecular weight excluding hydrogens is 236 g/mol. The van der Waals surface area contributed by atoms with Gasteiger partial charge in [-0.05, 0) is 24.1 Å². The summed E-state index contributed by atoms with van der Waals surface area (Å²) in [5.74, 6) is 0.265. The van der Waals surface area contributed by atoms with Gasteiger partial charge in [0.05, 0.1) is 0 Å². The van der Waals surface area contributed by atoms with Crippen molar-refractivity contribution in [2.45, 2.75) is 18.5 Å². The normalized spacial score (nSPS) is 17.0. The fraction of sp³-hybridized carbons (Fsp3) is 0.417. The lowest BCUT2D eigenvalue weighted by atomic mass is 10.00. The zero-order valence-electron chi connectivity index (χ0n) is 9.83. The highest BCUT2D eigenvalue weighted by Gasteiger charge is 2.19. The monoisotopic (exact) mass is 252 g/mol. The lowest BCUT2D eigenvalue weighted by molar-refractivity contribution is -0.138. The van der Waals surface area contributed by atoms with Crippen LogP contribution in [0, 0.1) is 0 Å². The smallest absolute Gasteiger partial charge is 0.320 e. The average molecular weight is 252 g/mol. The van der Waals surface area contributed by atoms with E-state index in [-0.39, 0.29) is 6.42 Å². The molecule has 1 heterocycles. The molecule has 1 aromatic rings. The predicted molar refractivity (Wildman–Crippen MR) is 64.6 cm³/mol. The van der Waals surface area contributed by atoms with E-state index in [1.54, 1.807) is 18.2 Å². The van der Waals surface area contributed by atoms with Gasteiger partial charge in [0, 0.05) is 6.04 Å². The summed E-state index contributed by atoms with van der Waals surface area (Å²) in [4.78, 5) is 10.7. The van der Waals surface area contributed by atoms with Crippen molar-refractivity contribution >= 4 is 5.97 Å². The number of nitrogens with two attached hydrogens (primary N) is 2. The SMILES string of the molecule is N[C@H](C[C@H](N)c1ccc2c(c1)OCCO2)C(=O)O. The van der Waals surface area contributed by atoms with Gasteiger partial charge in [-0.3, -0.25) is 4.79 Å². The van der Waals surface area contributed by atoms with Crippen molar-refractivity contribution in [3.63, 3.8) is 0 Å². The first-order chi connectivity index (χ1) is 8.58. The number of aliphatic carboxylic acids is 1. The van der Waals surface area contributed by atoms with E-state index in [1.807, 2.05) is 0 Å². The molecule has 0 amide bonds. The fourth-order valence-corrected chi connectivity index (χ4v) is 1.80. The second-order valence-corrected chi connectivity index (χ2v) is 4.19. The highest BCUT2D eigenvalue weighted by molar-refractivity contribution is 5.73. The summed E-state index contributed by atoms with van der Waals surface area (Å²) in [6, 6.07) is 3.94. The number of ether oxygens (including phenoxy) is 2. The minimum Gasteiger partial charge on any atom is -0.486 e. The second-order valence-electron chi connectivity index (χ2n) is 4.19. The highest BCUT2D eigenvalue weighted by atomic mass is 16.6. The first-order valence-corrected chi connectivity index (χ1v) is 5.71. The van der Waals surface area contributed by atoms with Crippen molar-refractivity contribution < 1.29 is 19.4 Å². The van der Waals surface area contributed by atoms with E-state index in [0.29, 0.717) is 24.7 Å². The predicted octanol–water partition coefficient (Wildman–Crippen LogP) is 0.260. The summed E-state index contributed by atoms with van der Waals surface area (Å²) in [6.07, 6.45) is 0.176. The number of carboxylic acids is 1. The number of benzene rings is 1. The van der Waals surface area contributed by atoms with Crippen molar-refractivity contribution in [1.82, 2.24) is 0 Å². The van der Waals surface area contributed by atoms with Gasteiger partial charge in [0.1, 0.15) is 19.3 Å². The largest absolute Gasteiger partial charge is 0.486 e. The Morgan fingerprint density at radius 3 is 2.61 bits per heavy atom. The molecule has 0 bridgehead atoms. The van der Waals surface area contributed by atoms with Gasteiger partial charge in [0.2, 0.25) is 0 Å². The molecule has 1 aliphatic rings. The van der Waals surface area contributed by atoms with Crippen LogP contribution in [0.3, 0.4) is 0 Å². The van der Waals surface area contributed by atoms with E-state index in [1.165, 1.54) is 0 Å². The molecule has 0 spiro atoms. The van der Waals surface area contributed by atoms with Crippen LogP contribution in [0.4, 0.5) is 0 Å². The van der Waals surface area contributed by atoms with Gasteiger partial charge in [0.15, 0.2) is 11.5 Å². The molecule has 0 radical (unpaired) electrons. The maximum atomic E-state index is 10.7. The van der Waals surface area contributed by atoms with Gasteiger partial charge >= 0.3 is 5.97 Å². The third-order valence-corrected chi connectivity index (χ3v) is 2.82. The number of hydrogen-bond donors (Lipinski definition) is 3. The number of rotatable bonds is 4. The van der Waals surface area contributed by atoms with Gasteiger partial charge in [0.25, 0.3) is 0 Å². The number of hydrogen-bond acceptors (Lipinski definition) is 5. The van der Waals surface area contributed by atoms with Crippen LogP contribution in [0.5, 0.6) is 11.5 Å². The van der Waals surface area contributed by atoms with E-state index in [2.05, 4.69) is 0 Å². The van der Waals surface area contributed by atoms with Crippen molar-refractivity contribution in [2.24, 2.45) is 11.5 Å². The van der Waals surface area contributed by atoms with Crippen LogP contribution in [-0.4, -0.2) is 30.3 Å². The first-order valence-electron chi connectivity index (χ1n) is 5.71. The minimum absolute atomic E-state index is 0.176. The molecule has 0 saturated heterocycles. The van der Waals surface area contributed by atoms with Crippen molar-refractivity contribution in [3.8, 4) is 11.5 Å². The van der Waals surface area contributed by atoms with Gasteiger partial charge in [-0.1, -0.05) is 6.07 Å². The maximum absolute atomic E-state index is 10.7. The quantitative estimate of drug-likeness (QED) is 0.709. The highest BCUT2D eigenvalue weighted by Crippen LogP contribution is 2.32. The molecule has 98 valence electrons. The van der Waals surface area contributed by atoms with Gasteiger partial charge < -0.3 is 26.0 Å². The number of fused-ring (bicyclic) bond motifs is 1. The Morgan fingerprint density at radius 1 is 1.28 bits per heavy atom. The molecular formula is C12H16N2O4. The lowest BCUT2D eigenvalue weighted by Crippen LogP contribution is -2.33. The molecule has 0 aliphatic carbocycles. The summed E-state index contributed by atoms with van der Waals surface area (Å²) < 4.78 is 10.8. The Balaban J connectivity index is 2.11. The molecule has 0 saturated carbocycles.